The molecule has 0 radical (unpaired) electrons. The third-order valence-corrected chi connectivity index (χ3v) is 5.16. The van der Waals surface area contributed by atoms with E-state index in [-0.39, 0.29) is 0 Å². The molecule has 0 bridgehead atoms. The summed E-state index contributed by atoms with van der Waals surface area (Å²) in [5, 5.41) is 1.82. The summed E-state index contributed by atoms with van der Waals surface area (Å²) < 4.78 is 0. The van der Waals surface area contributed by atoms with Gasteiger partial charge in [0.1, 0.15) is 0 Å². The Bertz CT molecular complexity index is 691. The molecular formula is C22H29N3. The molecule has 0 spiro atoms. The van der Waals surface area contributed by atoms with Gasteiger partial charge in [-0.25, -0.2) is 5.84 Å². The first-order valence-corrected chi connectivity index (χ1v) is 9.25. The first-order chi connectivity index (χ1) is 12.1. The van der Waals surface area contributed by atoms with E-state index >= 15 is 0 Å². The summed E-state index contributed by atoms with van der Waals surface area (Å²) in [6.07, 6.45) is 7.70. The van der Waals surface area contributed by atoms with Crippen molar-refractivity contribution in [1.29, 1.82) is 0 Å². The molecule has 3 rings (SSSR count). The summed E-state index contributed by atoms with van der Waals surface area (Å²) >= 11 is 0. The van der Waals surface area contributed by atoms with Crippen LogP contribution in [-0.2, 0) is 6.42 Å². The van der Waals surface area contributed by atoms with Gasteiger partial charge in [-0.1, -0.05) is 74.4 Å². The number of nitrogens with two attached hydrogens (primary N) is 2. The smallest absolute Gasteiger partial charge is 0.0564 e. The molecule has 2 atom stereocenters. The Morgan fingerprint density at radius 3 is 2.40 bits per heavy atom. The van der Waals surface area contributed by atoms with Gasteiger partial charge in [-0.3, -0.25) is 0 Å². The zero-order valence-corrected chi connectivity index (χ0v) is 15.1. The Morgan fingerprint density at radius 2 is 1.72 bits per heavy atom. The van der Waals surface area contributed by atoms with Crippen LogP contribution in [0.4, 0.5) is 0 Å². The maximum atomic E-state index is 6.28. The van der Waals surface area contributed by atoms with E-state index < -0.39 is 0 Å². The van der Waals surface area contributed by atoms with Crippen molar-refractivity contribution < 1.29 is 0 Å². The maximum absolute atomic E-state index is 6.28. The highest BCUT2D eigenvalue weighted by Crippen LogP contribution is 2.26. The molecule has 2 aromatic rings. The molecule has 0 aromatic heterocycles. The first kappa shape index (κ1) is 17.6. The van der Waals surface area contributed by atoms with Gasteiger partial charge in [-0.2, -0.15) is 0 Å². The van der Waals surface area contributed by atoms with Crippen LogP contribution >= 0.6 is 0 Å². The average Bonchev–Trinajstić information content (AvgIpc) is 2.63. The fraction of sp³-hybridized carbons (Fsp3) is 0.364. The van der Waals surface area contributed by atoms with Gasteiger partial charge in [-0.15, -0.1) is 0 Å². The lowest BCUT2D eigenvalue weighted by Crippen LogP contribution is -2.40. The van der Waals surface area contributed by atoms with Crippen molar-refractivity contribution >= 4 is 5.70 Å². The highest BCUT2D eigenvalue weighted by molar-refractivity contribution is 5.62. The number of nitrogens with zero attached hydrogens (tertiary/aromatic N) is 1. The zero-order chi connectivity index (χ0) is 17.6. The van der Waals surface area contributed by atoms with E-state index in [0.717, 1.165) is 36.4 Å². The Kier molecular flexibility index (Phi) is 5.77. The van der Waals surface area contributed by atoms with Crippen LogP contribution in [-0.4, -0.2) is 11.1 Å². The minimum Gasteiger partial charge on any atom is -0.397 e. The number of hydrazine groups is 1. The summed E-state index contributed by atoms with van der Waals surface area (Å²) in [6.45, 7) is 2.30. The van der Waals surface area contributed by atoms with E-state index in [4.69, 9.17) is 11.6 Å². The van der Waals surface area contributed by atoms with Crippen molar-refractivity contribution in [3.05, 3.63) is 77.5 Å². The predicted octanol–water partition coefficient (Wildman–Crippen LogP) is 4.29. The minimum absolute atomic E-state index is 0.402. The topological polar surface area (TPSA) is 55.3 Å². The highest BCUT2D eigenvalue weighted by atomic mass is 15.4. The van der Waals surface area contributed by atoms with E-state index in [0.29, 0.717) is 6.04 Å². The molecule has 1 aliphatic carbocycles. The SMILES string of the molecule is CC1CCCC(N(N)/C=C(\N)c2ccc(Cc3ccccc3)cc2)C1. The Hall–Kier alpha value is -2.26. The largest absolute Gasteiger partial charge is 0.397 e. The Morgan fingerprint density at radius 1 is 1.04 bits per heavy atom. The van der Waals surface area contributed by atoms with Gasteiger partial charge >= 0.3 is 0 Å². The molecule has 1 aliphatic rings. The molecule has 1 fully saturated rings. The van der Waals surface area contributed by atoms with Crippen molar-refractivity contribution in [3.63, 3.8) is 0 Å². The second-order valence-electron chi connectivity index (χ2n) is 7.32. The van der Waals surface area contributed by atoms with Gasteiger partial charge in [0.15, 0.2) is 0 Å². The number of hydrogen-bond donors (Lipinski definition) is 2. The number of hydrogen-bond acceptors (Lipinski definition) is 3. The molecule has 0 heterocycles. The van der Waals surface area contributed by atoms with E-state index in [9.17, 15) is 0 Å². The van der Waals surface area contributed by atoms with Crippen LogP contribution in [0.15, 0.2) is 60.8 Å². The lowest BCUT2D eigenvalue weighted by molar-refractivity contribution is 0.188. The zero-order valence-electron chi connectivity index (χ0n) is 15.1. The molecule has 3 nitrogen and oxygen atoms in total. The number of rotatable bonds is 5. The third kappa shape index (κ3) is 4.86. The monoisotopic (exact) mass is 335 g/mol. The Balaban J connectivity index is 1.64. The predicted molar refractivity (Wildman–Crippen MR) is 105 cm³/mol. The van der Waals surface area contributed by atoms with E-state index in [1.165, 1.54) is 24.0 Å². The molecule has 1 saturated carbocycles. The van der Waals surface area contributed by atoms with Crippen LogP contribution in [0.5, 0.6) is 0 Å². The fourth-order valence-electron chi connectivity index (χ4n) is 3.66. The van der Waals surface area contributed by atoms with Gasteiger partial charge in [-0.05, 0) is 41.9 Å². The molecule has 0 saturated heterocycles. The van der Waals surface area contributed by atoms with Crippen LogP contribution in [0.2, 0.25) is 0 Å². The van der Waals surface area contributed by atoms with Crippen LogP contribution in [0.3, 0.4) is 0 Å². The molecule has 0 amide bonds. The molecular weight excluding hydrogens is 306 g/mol. The molecule has 3 heteroatoms. The highest BCUT2D eigenvalue weighted by Gasteiger charge is 2.21. The van der Waals surface area contributed by atoms with Crippen molar-refractivity contribution in [2.75, 3.05) is 0 Å². The van der Waals surface area contributed by atoms with E-state index in [1.54, 1.807) is 0 Å². The first-order valence-electron chi connectivity index (χ1n) is 9.25. The normalized spacial score (nSPS) is 21.1. The lowest BCUT2D eigenvalue weighted by Gasteiger charge is -2.33. The van der Waals surface area contributed by atoms with Gasteiger partial charge in [0, 0.05) is 12.2 Å². The van der Waals surface area contributed by atoms with Crippen molar-refractivity contribution in [2.45, 2.75) is 45.1 Å². The van der Waals surface area contributed by atoms with E-state index in [1.807, 2.05) is 17.3 Å². The van der Waals surface area contributed by atoms with Crippen molar-refractivity contribution in [2.24, 2.45) is 17.5 Å². The summed E-state index contributed by atoms with van der Waals surface area (Å²) in [5.74, 6) is 7.00. The standard InChI is InChI=1S/C22H29N3/c1-17-6-5-9-21(14-17)25(24)16-22(23)20-12-10-19(11-13-20)15-18-7-3-2-4-8-18/h2-4,7-8,10-13,16-17,21H,5-6,9,14-15,23-24H2,1H3/b22-16-. The van der Waals surface area contributed by atoms with Crippen LogP contribution in [0, 0.1) is 5.92 Å². The summed E-state index contributed by atoms with van der Waals surface area (Å²) in [6, 6.07) is 19.4. The minimum atomic E-state index is 0.402. The van der Waals surface area contributed by atoms with Gasteiger partial charge in [0.25, 0.3) is 0 Å². The van der Waals surface area contributed by atoms with Gasteiger partial charge in [0.05, 0.1) is 5.70 Å². The molecule has 4 N–H and O–H groups in total. The molecule has 132 valence electrons. The third-order valence-electron chi connectivity index (χ3n) is 5.16. The summed E-state index contributed by atoms with van der Waals surface area (Å²) in [5.41, 5.74) is 10.6. The quantitative estimate of drug-likeness (QED) is 0.633. The van der Waals surface area contributed by atoms with E-state index in [2.05, 4.69) is 55.5 Å². The summed E-state index contributed by atoms with van der Waals surface area (Å²) in [7, 11) is 0. The average molecular weight is 335 g/mol. The van der Waals surface area contributed by atoms with Crippen molar-refractivity contribution in [1.82, 2.24) is 5.01 Å². The molecule has 2 aromatic carbocycles. The second kappa shape index (κ2) is 8.21. The summed E-state index contributed by atoms with van der Waals surface area (Å²) in [4.78, 5) is 0. The molecule has 25 heavy (non-hydrogen) atoms. The van der Waals surface area contributed by atoms with Gasteiger partial charge < -0.3 is 10.7 Å². The van der Waals surface area contributed by atoms with Crippen LogP contribution in [0.25, 0.3) is 5.70 Å². The maximum Gasteiger partial charge on any atom is 0.0564 e. The molecule has 2 unspecified atom stereocenters. The van der Waals surface area contributed by atoms with Gasteiger partial charge in [0.2, 0.25) is 0 Å². The number of benzene rings is 2. The van der Waals surface area contributed by atoms with Crippen LogP contribution < -0.4 is 11.6 Å². The van der Waals surface area contributed by atoms with Crippen molar-refractivity contribution in [3.8, 4) is 0 Å². The second-order valence-corrected chi connectivity index (χ2v) is 7.32. The fourth-order valence-corrected chi connectivity index (χ4v) is 3.66. The Labute approximate surface area is 151 Å². The lowest BCUT2D eigenvalue weighted by atomic mass is 9.87. The van der Waals surface area contributed by atoms with Crippen LogP contribution in [0.1, 0.15) is 49.3 Å². The molecule has 0 aliphatic heterocycles.